The number of carbonyl (C=O) groups excluding carboxylic acids is 2. The van der Waals surface area contributed by atoms with Gasteiger partial charge in [0.25, 0.3) is 5.91 Å². The average Bonchev–Trinajstić information content (AvgIpc) is 2.81. The van der Waals surface area contributed by atoms with E-state index in [1.807, 2.05) is 11.8 Å². The van der Waals surface area contributed by atoms with Crippen molar-refractivity contribution in [3.63, 3.8) is 0 Å². The molecule has 0 bridgehead atoms. The van der Waals surface area contributed by atoms with Crippen molar-refractivity contribution in [1.29, 1.82) is 0 Å². The van der Waals surface area contributed by atoms with Crippen molar-refractivity contribution in [2.75, 3.05) is 37.4 Å². The number of nitrogen functional groups attached to an aromatic ring is 1. The quantitative estimate of drug-likeness (QED) is 0.753. The lowest BCUT2D eigenvalue weighted by Crippen LogP contribution is -2.27. The van der Waals surface area contributed by atoms with E-state index < -0.39 is 5.97 Å². The van der Waals surface area contributed by atoms with Crippen molar-refractivity contribution in [2.45, 2.75) is 27.2 Å². The largest absolute Gasteiger partial charge is 0.462 e. The molecule has 7 heteroatoms. The van der Waals surface area contributed by atoms with Gasteiger partial charge in [0.15, 0.2) is 0 Å². The molecule has 118 valence electrons. The lowest BCUT2D eigenvalue weighted by Gasteiger charge is -2.21. The summed E-state index contributed by atoms with van der Waals surface area (Å²) >= 11 is 1.22. The summed E-state index contributed by atoms with van der Waals surface area (Å²) in [4.78, 5) is 26.4. The van der Waals surface area contributed by atoms with Crippen LogP contribution in [0.25, 0.3) is 0 Å². The van der Waals surface area contributed by atoms with Crippen LogP contribution >= 0.6 is 11.3 Å². The first-order chi connectivity index (χ1) is 10.0. The van der Waals surface area contributed by atoms with Gasteiger partial charge in [-0.05, 0) is 20.3 Å². The van der Waals surface area contributed by atoms with Gasteiger partial charge in [-0.25, -0.2) is 4.79 Å². The van der Waals surface area contributed by atoms with Gasteiger partial charge in [0.05, 0.1) is 17.9 Å². The zero-order valence-electron chi connectivity index (χ0n) is 13.0. The van der Waals surface area contributed by atoms with Gasteiger partial charge >= 0.3 is 5.97 Å². The number of hydrogen-bond donors (Lipinski definition) is 2. The molecule has 1 aromatic heterocycles. The van der Waals surface area contributed by atoms with E-state index in [4.69, 9.17) is 10.5 Å². The minimum Gasteiger partial charge on any atom is -0.462 e. The number of carbonyl (C=O) groups is 2. The molecule has 0 aliphatic heterocycles. The number of nitrogens with two attached hydrogens (primary N) is 1. The molecule has 1 heterocycles. The molecule has 0 radical (unpaired) electrons. The third-order valence-corrected chi connectivity index (χ3v) is 4.25. The maximum atomic E-state index is 12.1. The number of nitrogens with one attached hydrogen (secondary N) is 1. The standard InChI is InChI=1S/C14H23N3O3S/c1-5-8-17(6-2)13-9(12(18)16-4)10(15)11(21-13)14(19)20-7-3/h5-8,15H2,1-4H3,(H,16,18). The molecule has 0 aromatic carbocycles. The van der Waals surface area contributed by atoms with Crippen LogP contribution in [-0.4, -0.2) is 38.6 Å². The SMILES string of the molecule is CCCN(CC)c1sc(C(=O)OCC)c(N)c1C(=O)NC. The Balaban J connectivity index is 3.36. The average molecular weight is 313 g/mol. The first kappa shape index (κ1) is 17.3. The molecular formula is C14H23N3O3S. The molecule has 1 aromatic rings. The van der Waals surface area contributed by atoms with E-state index in [2.05, 4.69) is 12.2 Å². The highest BCUT2D eigenvalue weighted by Gasteiger charge is 2.28. The number of hydrogen-bond acceptors (Lipinski definition) is 6. The third-order valence-electron chi connectivity index (χ3n) is 3.00. The van der Waals surface area contributed by atoms with Gasteiger partial charge < -0.3 is 20.7 Å². The van der Waals surface area contributed by atoms with Gasteiger partial charge in [0.2, 0.25) is 0 Å². The fourth-order valence-electron chi connectivity index (χ4n) is 2.02. The summed E-state index contributed by atoms with van der Waals surface area (Å²) in [5, 5.41) is 3.30. The predicted molar refractivity (Wildman–Crippen MR) is 86.3 cm³/mol. The molecule has 6 nitrogen and oxygen atoms in total. The van der Waals surface area contributed by atoms with E-state index in [9.17, 15) is 9.59 Å². The van der Waals surface area contributed by atoms with Crippen molar-refractivity contribution in [2.24, 2.45) is 0 Å². The number of amides is 1. The molecule has 0 aliphatic carbocycles. The van der Waals surface area contributed by atoms with Crippen LogP contribution in [0.4, 0.5) is 10.7 Å². The Morgan fingerprint density at radius 1 is 1.33 bits per heavy atom. The summed E-state index contributed by atoms with van der Waals surface area (Å²) in [5.74, 6) is -0.771. The van der Waals surface area contributed by atoms with E-state index >= 15 is 0 Å². The molecule has 21 heavy (non-hydrogen) atoms. The van der Waals surface area contributed by atoms with Crippen molar-refractivity contribution < 1.29 is 14.3 Å². The number of rotatable bonds is 7. The molecular weight excluding hydrogens is 290 g/mol. The monoisotopic (exact) mass is 313 g/mol. The normalized spacial score (nSPS) is 10.3. The maximum absolute atomic E-state index is 12.1. The van der Waals surface area contributed by atoms with Crippen molar-refractivity contribution >= 4 is 33.9 Å². The lowest BCUT2D eigenvalue weighted by molar-refractivity contribution is 0.0533. The van der Waals surface area contributed by atoms with E-state index in [1.54, 1.807) is 14.0 Å². The molecule has 0 saturated heterocycles. The lowest BCUT2D eigenvalue weighted by atomic mass is 10.2. The van der Waals surface area contributed by atoms with Gasteiger partial charge in [-0.1, -0.05) is 6.92 Å². The van der Waals surface area contributed by atoms with E-state index in [-0.39, 0.29) is 18.2 Å². The highest BCUT2D eigenvalue weighted by Crippen LogP contribution is 2.38. The van der Waals surface area contributed by atoms with Crippen LogP contribution < -0.4 is 16.0 Å². The fourth-order valence-corrected chi connectivity index (χ4v) is 3.22. The summed E-state index contributed by atoms with van der Waals surface area (Å²) in [6.07, 6.45) is 0.938. The van der Waals surface area contributed by atoms with Crippen molar-refractivity contribution in [3.05, 3.63) is 10.4 Å². The Hall–Kier alpha value is -1.76. The van der Waals surface area contributed by atoms with Crippen LogP contribution in [0.1, 0.15) is 47.2 Å². The Bertz CT molecular complexity index is 514. The number of thiophene rings is 1. The third kappa shape index (κ3) is 3.66. The molecule has 1 rings (SSSR count). The van der Waals surface area contributed by atoms with Crippen molar-refractivity contribution in [3.8, 4) is 0 Å². The summed E-state index contributed by atoms with van der Waals surface area (Å²) in [7, 11) is 1.55. The van der Waals surface area contributed by atoms with Crippen molar-refractivity contribution in [1.82, 2.24) is 5.32 Å². The first-order valence-electron chi connectivity index (χ1n) is 7.08. The molecule has 3 N–H and O–H groups in total. The number of esters is 1. The molecule has 1 amide bonds. The molecule has 0 spiro atoms. The Morgan fingerprint density at radius 3 is 2.48 bits per heavy atom. The summed E-state index contributed by atoms with van der Waals surface area (Å²) in [5.41, 5.74) is 6.58. The topological polar surface area (TPSA) is 84.7 Å². The van der Waals surface area contributed by atoms with Crippen LogP contribution in [-0.2, 0) is 4.74 Å². The highest BCUT2D eigenvalue weighted by molar-refractivity contribution is 7.19. The van der Waals surface area contributed by atoms with Gasteiger partial charge in [-0.15, -0.1) is 11.3 Å². The van der Waals surface area contributed by atoms with Crippen LogP contribution in [0.5, 0.6) is 0 Å². The Kier molecular flexibility index (Phi) is 6.48. The Morgan fingerprint density at radius 2 is 2.00 bits per heavy atom. The first-order valence-corrected chi connectivity index (χ1v) is 7.89. The zero-order chi connectivity index (χ0) is 16.0. The van der Waals surface area contributed by atoms with Crippen LogP contribution in [0.15, 0.2) is 0 Å². The van der Waals surface area contributed by atoms with Crippen LogP contribution in [0.3, 0.4) is 0 Å². The molecule has 0 atom stereocenters. The summed E-state index contributed by atoms with van der Waals surface area (Å²) in [6.45, 7) is 7.60. The second-order valence-electron chi connectivity index (χ2n) is 4.40. The molecule has 0 saturated carbocycles. The zero-order valence-corrected chi connectivity index (χ0v) is 13.8. The second kappa shape index (κ2) is 7.87. The summed E-state index contributed by atoms with van der Waals surface area (Å²) < 4.78 is 5.01. The van der Waals surface area contributed by atoms with Gasteiger partial charge in [-0.2, -0.15) is 0 Å². The second-order valence-corrected chi connectivity index (χ2v) is 5.40. The molecule has 0 fully saturated rings. The van der Waals surface area contributed by atoms with E-state index in [0.717, 1.165) is 24.5 Å². The van der Waals surface area contributed by atoms with Gasteiger partial charge in [-0.3, -0.25) is 4.79 Å². The van der Waals surface area contributed by atoms with E-state index in [0.29, 0.717) is 10.4 Å². The predicted octanol–water partition coefficient (Wildman–Crippen LogP) is 2.10. The fraction of sp³-hybridized carbons (Fsp3) is 0.571. The van der Waals surface area contributed by atoms with Crippen LogP contribution in [0, 0.1) is 0 Å². The minimum atomic E-state index is -0.482. The maximum Gasteiger partial charge on any atom is 0.350 e. The molecule has 0 aliphatic rings. The van der Waals surface area contributed by atoms with Gasteiger partial charge in [0, 0.05) is 20.1 Å². The summed E-state index contributed by atoms with van der Waals surface area (Å²) in [6, 6.07) is 0. The number of nitrogens with zero attached hydrogens (tertiary/aromatic N) is 1. The minimum absolute atomic E-state index is 0.197. The number of ether oxygens (including phenoxy) is 1. The van der Waals surface area contributed by atoms with Gasteiger partial charge in [0.1, 0.15) is 9.88 Å². The number of anilines is 2. The molecule has 0 unspecified atom stereocenters. The Labute approximate surface area is 129 Å². The smallest absolute Gasteiger partial charge is 0.350 e. The van der Waals surface area contributed by atoms with E-state index in [1.165, 1.54) is 11.3 Å². The highest BCUT2D eigenvalue weighted by atomic mass is 32.1. The van der Waals surface area contributed by atoms with Crippen LogP contribution in [0.2, 0.25) is 0 Å².